The van der Waals surface area contributed by atoms with Crippen LogP contribution in [-0.4, -0.2) is 120 Å². The smallest absolute Gasteiger partial charge is 0.236 e. The number of benzene rings is 3. The van der Waals surface area contributed by atoms with Crippen molar-refractivity contribution >= 4 is 40.6 Å². The molecule has 314 valence electrons. The molecule has 5 aliphatic rings. The third-order valence-corrected chi connectivity index (χ3v) is 13.0. The van der Waals surface area contributed by atoms with Gasteiger partial charge in [-0.15, -0.1) is 10.2 Å². The SMILES string of the molecule is Nc1nnc(-c2ccccc2O)cc1N1CCC2C[C@@H](C1)N(c1cccc(OC3CCN(C(=O)CN4CCN(c5ccc(C6CCC(=O)NC6=O)cc5F)CC4)CC3)c1)C2. The Hall–Kier alpha value is -5.96. The number of nitrogens with one attached hydrogen (secondary N) is 1. The second kappa shape index (κ2) is 17.0. The second-order valence-corrected chi connectivity index (χ2v) is 16.8. The number of para-hydroxylation sites is 1. The van der Waals surface area contributed by atoms with Crippen LogP contribution in [0, 0.1) is 11.7 Å². The number of aromatic nitrogens is 2. The molecule has 3 amide bonds. The van der Waals surface area contributed by atoms with Gasteiger partial charge in [0.05, 0.1) is 29.5 Å². The van der Waals surface area contributed by atoms with Gasteiger partial charge in [-0.2, -0.15) is 0 Å². The number of nitrogens with zero attached hydrogens (tertiary/aromatic N) is 7. The quantitative estimate of drug-likeness (QED) is 0.205. The van der Waals surface area contributed by atoms with E-state index in [0.717, 1.165) is 62.4 Å². The van der Waals surface area contributed by atoms with Crippen molar-refractivity contribution in [3.63, 3.8) is 0 Å². The second-order valence-electron chi connectivity index (χ2n) is 16.8. The van der Waals surface area contributed by atoms with Gasteiger partial charge >= 0.3 is 0 Å². The number of carbonyl (C=O) groups is 3. The predicted molar refractivity (Wildman–Crippen MR) is 226 cm³/mol. The number of hydrogen-bond acceptors (Lipinski definition) is 12. The van der Waals surface area contributed by atoms with E-state index in [0.29, 0.717) is 86.5 Å². The fraction of sp³-hybridized carbons (Fsp3) is 0.444. The zero-order chi connectivity index (χ0) is 41.3. The Kier molecular flexibility index (Phi) is 11.2. The first kappa shape index (κ1) is 39.5. The summed E-state index contributed by atoms with van der Waals surface area (Å²) in [5.74, 6) is 0.454. The highest BCUT2D eigenvalue weighted by atomic mass is 19.1. The standard InChI is InChI=1S/C45H52FN9O5/c46-37-23-30(35-9-11-42(57)48-45(35)59)8-10-39(37)52-20-18-51(19-21-52)28-43(58)53-16-13-33(14-17-53)60-34-5-3-4-31(24-34)55-26-29-12-15-54(27-32(55)22-29)40-25-38(49-50-44(40)47)36-6-1-2-7-41(36)56/h1-8,10,23-25,29,32-33,35,56H,9,11-22,26-28H2,(H2,47,50)(H,48,57,59)/t29?,32-,35?/m0/s1. The van der Waals surface area contributed by atoms with Crippen molar-refractivity contribution in [1.29, 1.82) is 0 Å². The van der Waals surface area contributed by atoms with Gasteiger partial charge in [0.1, 0.15) is 23.4 Å². The number of amides is 3. The van der Waals surface area contributed by atoms with Crippen LogP contribution in [0.15, 0.2) is 72.8 Å². The summed E-state index contributed by atoms with van der Waals surface area (Å²) >= 11 is 0. The highest BCUT2D eigenvalue weighted by Gasteiger charge is 2.37. The van der Waals surface area contributed by atoms with E-state index in [-0.39, 0.29) is 47.9 Å². The monoisotopic (exact) mass is 817 g/mol. The number of halogens is 1. The zero-order valence-corrected chi connectivity index (χ0v) is 33.7. The summed E-state index contributed by atoms with van der Waals surface area (Å²) in [6.07, 6.45) is 4.28. The molecule has 60 heavy (non-hydrogen) atoms. The molecule has 6 heterocycles. The highest BCUT2D eigenvalue weighted by molar-refractivity contribution is 6.01. The topological polar surface area (TPSA) is 161 Å². The fourth-order valence-corrected chi connectivity index (χ4v) is 9.68. The van der Waals surface area contributed by atoms with Crippen LogP contribution < -0.4 is 30.5 Å². The number of aromatic hydroxyl groups is 1. The van der Waals surface area contributed by atoms with Crippen LogP contribution in [0.3, 0.4) is 0 Å². The normalized spacial score (nSPS) is 22.8. The summed E-state index contributed by atoms with van der Waals surface area (Å²) in [6.45, 7) is 6.72. The van der Waals surface area contributed by atoms with Crippen LogP contribution in [0.4, 0.5) is 27.3 Å². The van der Waals surface area contributed by atoms with E-state index in [9.17, 15) is 19.5 Å². The number of phenols is 1. The van der Waals surface area contributed by atoms with Gasteiger partial charge in [-0.05, 0) is 73.2 Å². The van der Waals surface area contributed by atoms with E-state index >= 15 is 4.39 Å². The fourth-order valence-electron chi connectivity index (χ4n) is 9.68. The Morgan fingerprint density at radius 2 is 1.67 bits per heavy atom. The number of carbonyl (C=O) groups excluding carboxylic acids is 3. The number of piperazine rings is 1. The van der Waals surface area contributed by atoms with E-state index in [1.54, 1.807) is 24.3 Å². The van der Waals surface area contributed by atoms with Crippen LogP contribution in [0.25, 0.3) is 11.3 Å². The molecule has 0 aliphatic carbocycles. The molecule has 5 aliphatic heterocycles. The number of nitrogen functional groups attached to an aromatic ring is 1. The maximum Gasteiger partial charge on any atom is 0.236 e. The van der Waals surface area contributed by atoms with Crippen molar-refractivity contribution in [2.45, 2.75) is 56.6 Å². The summed E-state index contributed by atoms with van der Waals surface area (Å²) in [5, 5.41) is 21.4. The van der Waals surface area contributed by atoms with Crippen LogP contribution in [0.2, 0.25) is 0 Å². The molecular formula is C45H52FN9O5. The molecule has 5 fully saturated rings. The summed E-state index contributed by atoms with van der Waals surface area (Å²) < 4.78 is 21.8. The first-order valence-corrected chi connectivity index (χ1v) is 21.2. The van der Waals surface area contributed by atoms with Gasteiger partial charge < -0.3 is 35.2 Å². The third-order valence-electron chi connectivity index (χ3n) is 13.0. The van der Waals surface area contributed by atoms with E-state index in [2.05, 4.69) is 48.4 Å². The molecule has 3 atom stereocenters. The van der Waals surface area contributed by atoms with Crippen LogP contribution in [-0.2, 0) is 14.4 Å². The number of anilines is 4. The average Bonchev–Trinajstić information content (AvgIpc) is 3.53. The average molecular weight is 818 g/mol. The predicted octanol–water partition coefficient (Wildman–Crippen LogP) is 4.39. The molecule has 9 rings (SSSR count). The van der Waals surface area contributed by atoms with Gasteiger partial charge in [0.25, 0.3) is 0 Å². The number of fused-ring (bicyclic) bond motifs is 2. The molecule has 0 radical (unpaired) electrons. The van der Waals surface area contributed by atoms with Crippen LogP contribution in [0.5, 0.6) is 11.5 Å². The number of imide groups is 1. The Morgan fingerprint density at radius 3 is 2.45 bits per heavy atom. The van der Waals surface area contributed by atoms with Gasteiger partial charge in [0, 0.05) is 102 Å². The number of ether oxygens (including phenoxy) is 1. The Balaban J connectivity index is 0.750. The van der Waals surface area contributed by atoms with E-state index in [1.165, 1.54) is 6.07 Å². The number of rotatable bonds is 9. The number of phenolic OH excluding ortho intramolecular Hbond substituents is 1. The molecule has 2 bridgehead atoms. The Labute approximate surface area is 349 Å². The molecule has 0 spiro atoms. The summed E-state index contributed by atoms with van der Waals surface area (Å²) in [4.78, 5) is 48.1. The molecule has 4 aromatic rings. The largest absolute Gasteiger partial charge is 0.507 e. The number of piperidine rings is 2. The number of nitrogens with two attached hydrogens (primary N) is 1. The molecule has 5 saturated heterocycles. The maximum atomic E-state index is 15.3. The minimum atomic E-state index is -0.526. The highest BCUT2D eigenvalue weighted by Crippen LogP contribution is 2.39. The van der Waals surface area contributed by atoms with Crippen molar-refractivity contribution in [2.24, 2.45) is 5.92 Å². The summed E-state index contributed by atoms with van der Waals surface area (Å²) in [6, 6.07) is 22.6. The minimum absolute atomic E-state index is 0.0148. The van der Waals surface area contributed by atoms with Crippen molar-refractivity contribution in [3.8, 4) is 22.8 Å². The van der Waals surface area contributed by atoms with Crippen LogP contribution in [0.1, 0.15) is 50.0 Å². The van der Waals surface area contributed by atoms with Gasteiger partial charge in [-0.1, -0.05) is 24.3 Å². The molecule has 1 aromatic heterocycles. The van der Waals surface area contributed by atoms with Gasteiger partial charge in [0.2, 0.25) is 17.7 Å². The summed E-state index contributed by atoms with van der Waals surface area (Å²) in [5.41, 5.74) is 10.7. The molecule has 0 saturated carbocycles. The molecular weight excluding hydrogens is 766 g/mol. The van der Waals surface area contributed by atoms with Crippen molar-refractivity contribution in [1.82, 2.24) is 25.3 Å². The molecule has 3 aromatic carbocycles. The van der Waals surface area contributed by atoms with E-state index in [1.807, 2.05) is 34.1 Å². The Morgan fingerprint density at radius 1 is 0.850 bits per heavy atom. The third kappa shape index (κ3) is 8.40. The van der Waals surface area contributed by atoms with Crippen molar-refractivity contribution in [3.05, 3.63) is 84.2 Å². The first-order chi connectivity index (χ1) is 29.1. The van der Waals surface area contributed by atoms with Crippen molar-refractivity contribution in [2.75, 3.05) is 85.9 Å². The van der Waals surface area contributed by atoms with Crippen molar-refractivity contribution < 1.29 is 28.6 Å². The lowest BCUT2D eigenvalue weighted by Crippen LogP contribution is -2.51. The lowest BCUT2D eigenvalue weighted by molar-refractivity contribution is -0.135. The number of likely N-dealkylation sites (tertiary alicyclic amines) is 1. The lowest BCUT2D eigenvalue weighted by atomic mass is 9.90. The molecule has 14 nitrogen and oxygen atoms in total. The van der Waals surface area contributed by atoms with Gasteiger partial charge in [0.15, 0.2) is 5.82 Å². The summed E-state index contributed by atoms with van der Waals surface area (Å²) in [7, 11) is 0. The first-order valence-electron chi connectivity index (χ1n) is 21.2. The van der Waals surface area contributed by atoms with Gasteiger partial charge in [-0.25, -0.2) is 4.39 Å². The van der Waals surface area contributed by atoms with E-state index < -0.39 is 5.92 Å². The molecule has 2 unspecified atom stereocenters. The zero-order valence-electron chi connectivity index (χ0n) is 33.7. The molecule has 15 heteroatoms. The van der Waals surface area contributed by atoms with Gasteiger partial charge in [-0.3, -0.25) is 24.6 Å². The maximum absolute atomic E-state index is 15.3. The minimum Gasteiger partial charge on any atom is -0.507 e. The molecule has 4 N–H and O–H groups in total. The Bertz CT molecular complexity index is 2240. The lowest BCUT2D eigenvalue weighted by Gasteiger charge is -2.38. The van der Waals surface area contributed by atoms with E-state index in [4.69, 9.17) is 10.5 Å². The van der Waals surface area contributed by atoms with Crippen LogP contribution >= 0.6 is 0 Å². The number of hydrogen-bond donors (Lipinski definition) is 3.